The van der Waals surface area contributed by atoms with Crippen molar-refractivity contribution in [2.45, 2.75) is 18.9 Å². The molecule has 0 bridgehead atoms. The molecule has 1 saturated heterocycles. The van der Waals surface area contributed by atoms with Crippen molar-refractivity contribution in [2.75, 3.05) is 40.0 Å². The molecule has 2 aromatic heterocycles. The molecule has 0 unspecified atom stereocenters. The van der Waals surface area contributed by atoms with E-state index in [4.69, 9.17) is 9.84 Å². The van der Waals surface area contributed by atoms with Crippen molar-refractivity contribution in [2.24, 2.45) is 5.41 Å². The first-order chi connectivity index (χ1) is 18.9. The number of likely N-dealkylation sites (tertiary alicyclic amines) is 1. The second-order valence-corrected chi connectivity index (χ2v) is 11.7. The van der Waals surface area contributed by atoms with Gasteiger partial charge < -0.3 is 14.5 Å². The highest BCUT2D eigenvalue weighted by molar-refractivity contribution is 8.02. The van der Waals surface area contributed by atoms with Crippen molar-refractivity contribution in [1.82, 2.24) is 29.5 Å². The molecule has 1 spiro atoms. The fourth-order valence-corrected chi connectivity index (χ4v) is 6.26. The zero-order valence-corrected chi connectivity index (χ0v) is 23.3. The summed E-state index contributed by atoms with van der Waals surface area (Å²) in [6.07, 6.45) is 9.25. The van der Waals surface area contributed by atoms with E-state index >= 15 is 0 Å². The minimum absolute atomic E-state index is 0.120. The van der Waals surface area contributed by atoms with Gasteiger partial charge in [0.1, 0.15) is 23.5 Å². The van der Waals surface area contributed by atoms with Crippen molar-refractivity contribution in [3.8, 4) is 22.8 Å². The van der Waals surface area contributed by atoms with Crippen LogP contribution in [0.4, 0.5) is 0 Å². The summed E-state index contributed by atoms with van der Waals surface area (Å²) in [5.41, 5.74) is 2.92. The van der Waals surface area contributed by atoms with Crippen molar-refractivity contribution >= 4 is 28.7 Å². The summed E-state index contributed by atoms with van der Waals surface area (Å²) in [5.74, 6) is 1.70. The summed E-state index contributed by atoms with van der Waals surface area (Å²) in [4.78, 5) is 26.8. The topological polar surface area (TPSA) is 76.4 Å². The van der Waals surface area contributed by atoms with Gasteiger partial charge in [-0.2, -0.15) is 5.10 Å². The van der Waals surface area contributed by atoms with Crippen LogP contribution in [0.5, 0.6) is 11.5 Å². The first kappa shape index (κ1) is 25.6. The molecule has 8 nitrogen and oxygen atoms in total. The van der Waals surface area contributed by atoms with E-state index in [0.29, 0.717) is 0 Å². The highest BCUT2D eigenvalue weighted by atomic mass is 32.2. The van der Waals surface area contributed by atoms with E-state index in [-0.39, 0.29) is 17.4 Å². The van der Waals surface area contributed by atoms with Crippen LogP contribution >= 0.6 is 11.8 Å². The first-order valence-electron chi connectivity index (χ1n) is 13.1. The molecule has 1 aliphatic heterocycles. The van der Waals surface area contributed by atoms with E-state index in [1.54, 1.807) is 24.2 Å². The van der Waals surface area contributed by atoms with Gasteiger partial charge in [-0.3, -0.25) is 4.79 Å². The smallest absolute Gasteiger partial charge is 0.247 e. The molecule has 2 aromatic carbocycles. The number of aromatic nitrogens is 4. The zero-order chi connectivity index (χ0) is 27.0. The maximum Gasteiger partial charge on any atom is 0.247 e. The van der Waals surface area contributed by atoms with Crippen molar-refractivity contribution in [3.05, 3.63) is 78.1 Å². The molecule has 4 aromatic rings. The molecule has 1 saturated carbocycles. The van der Waals surface area contributed by atoms with Crippen molar-refractivity contribution in [3.63, 3.8) is 0 Å². The summed E-state index contributed by atoms with van der Waals surface area (Å²) < 4.78 is 8.02. The largest absolute Gasteiger partial charge is 0.457 e. The third-order valence-corrected chi connectivity index (χ3v) is 8.32. The number of hydrogen-bond acceptors (Lipinski definition) is 7. The highest BCUT2D eigenvalue weighted by Crippen LogP contribution is 2.54. The molecule has 200 valence electrons. The van der Waals surface area contributed by atoms with Gasteiger partial charge in [0.05, 0.1) is 11.4 Å². The number of rotatable bonds is 8. The molecular weight excluding hydrogens is 508 g/mol. The Kier molecular flexibility index (Phi) is 6.86. The average molecular weight is 541 g/mol. The van der Waals surface area contributed by atoms with Gasteiger partial charge in [0, 0.05) is 47.8 Å². The summed E-state index contributed by atoms with van der Waals surface area (Å²) in [5, 5.41) is 5.97. The van der Waals surface area contributed by atoms with Gasteiger partial charge >= 0.3 is 0 Å². The molecule has 2 fully saturated rings. The van der Waals surface area contributed by atoms with E-state index in [0.717, 1.165) is 71.2 Å². The van der Waals surface area contributed by atoms with E-state index in [1.807, 2.05) is 86.0 Å². The molecule has 1 aliphatic carbocycles. The van der Waals surface area contributed by atoms with Crippen LogP contribution in [-0.2, 0) is 4.79 Å². The number of benzene rings is 2. The fourth-order valence-electron chi connectivity index (χ4n) is 5.66. The molecule has 39 heavy (non-hydrogen) atoms. The highest BCUT2D eigenvalue weighted by Gasteiger charge is 2.54. The molecule has 3 heterocycles. The second-order valence-electron chi connectivity index (χ2n) is 10.8. The Morgan fingerprint density at radius 2 is 1.82 bits per heavy atom. The van der Waals surface area contributed by atoms with Gasteiger partial charge in [-0.05, 0) is 69.6 Å². The Hall–Kier alpha value is -3.69. The van der Waals surface area contributed by atoms with Crippen LogP contribution in [0.2, 0.25) is 0 Å². The lowest BCUT2D eigenvalue weighted by Gasteiger charge is -2.58. The molecular formula is C30H32N6O2S. The number of thioether (sulfide) groups is 1. The Bertz CT molecular complexity index is 1500. The molecule has 0 atom stereocenters. The minimum atomic E-state index is 0.120. The normalized spacial score (nSPS) is 16.9. The van der Waals surface area contributed by atoms with Crippen LogP contribution in [0, 0.1) is 5.41 Å². The fraction of sp³-hybridized carbons (Fsp3) is 0.333. The second kappa shape index (κ2) is 10.5. The van der Waals surface area contributed by atoms with Gasteiger partial charge in [0.2, 0.25) is 5.91 Å². The number of para-hydroxylation sites is 1. The van der Waals surface area contributed by atoms with Gasteiger partial charge in [0.25, 0.3) is 0 Å². The third kappa shape index (κ3) is 5.16. The number of carbonyl (C=O) groups is 1. The molecule has 1 amide bonds. The van der Waals surface area contributed by atoms with Gasteiger partial charge in [-0.1, -0.05) is 18.2 Å². The maximum absolute atomic E-state index is 12.8. The monoisotopic (exact) mass is 540 g/mol. The summed E-state index contributed by atoms with van der Waals surface area (Å²) in [6, 6.07) is 18.0. The predicted octanol–water partition coefficient (Wildman–Crippen LogP) is 5.26. The lowest BCUT2D eigenvalue weighted by Crippen LogP contribution is -2.63. The Labute approximate surface area is 232 Å². The van der Waals surface area contributed by atoms with E-state index in [2.05, 4.69) is 19.5 Å². The number of ether oxygens (including phenoxy) is 1. The molecule has 9 heteroatoms. The molecule has 2 aliphatic rings. The lowest BCUT2D eigenvalue weighted by atomic mass is 9.60. The van der Waals surface area contributed by atoms with Crippen LogP contribution < -0.4 is 4.74 Å². The van der Waals surface area contributed by atoms with Crippen LogP contribution in [0.1, 0.15) is 18.9 Å². The Morgan fingerprint density at radius 3 is 2.51 bits per heavy atom. The minimum Gasteiger partial charge on any atom is -0.457 e. The summed E-state index contributed by atoms with van der Waals surface area (Å²) in [7, 11) is 4.04. The van der Waals surface area contributed by atoms with Gasteiger partial charge in [-0.25, -0.2) is 14.6 Å². The summed E-state index contributed by atoms with van der Waals surface area (Å²) >= 11 is 1.64. The van der Waals surface area contributed by atoms with E-state index < -0.39 is 0 Å². The van der Waals surface area contributed by atoms with Crippen LogP contribution in [0.3, 0.4) is 0 Å². The molecule has 0 N–H and O–H groups in total. The number of fused-ring (bicyclic) bond motifs is 1. The first-order valence-corrected chi connectivity index (χ1v) is 14.4. The summed E-state index contributed by atoms with van der Waals surface area (Å²) in [6.45, 7) is 2.41. The van der Waals surface area contributed by atoms with E-state index in [1.165, 1.54) is 0 Å². The van der Waals surface area contributed by atoms with Crippen LogP contribution in [0.25, 0.3) is 22.3 Å². The number of hydrogen-bond donors (Lipinski definition) is 0. The van der Waals surface area contributed by atoms with Crippen molar-refractivity contribution in [1.29, 1.82) is 0 Å². The Balaban J connectivity index is 1.14. The van der Waals surface area contributed by atoms with Crippen LogP contribution in [-0.4, -0.2) is 75.4 Å². The Morgan fingerprint density at radius 1 is 1.10 bits per heavy atom. The van der Waals surface area contributed by atoms with Gasteiger partial charge in [-0.15, -0.1) is 11.8 Å². The predicted molar refractivity (Wildman–Crippen MR) is 155 cm³/mol. The number of amides is 1. The lowest BCUT2D eigenvalue weighted by molar-refractivity contribution is -0.148. The molecule has 6 rings (SSSR count). The SMILES string of the molecule is CS/C(=C\C(=O)N1CC2(CC(n3nc(-c4ccc(Oc5ccccc5)cc4)c4cncnc43)C2)C1)CN(C)C. The number of likely N-dealkylation sites (N-methyl/N-ethyl adjacent to an activating group) is 1. The third-order valence-electron chi connectivity index (χ3n) is 7.54. The van der Waals surface area contributed by atoms with Crippen LogP contribution in [0.15, 0.2) is 78.1 Å². The number of nitrogens with zero attached hydrogens (tertiary/aromatic N) is 6. The average Bonchev–Trinajstić information content (AvgIpc) is 3.27. The zero-order valence-electron chi connectivity index (χ0n) is 22.4. The standard InChI is InChI=1S/C30H32N6O2S/c1-34(2)17-25(39-3)13-27(37)35-18-30(19-35)14-22(15-30)36-29-26(16-31-20-32-29)28(33-36)21-9-11-24(12-10-21)38-23-7-5-4-6-8-23/h4-13,16,20,22H,14-15,17-19H2,1-3H3/b25-13-. The van der Waals surface area contributed by atoms with Crippen molar-refractivity contribution < 1.29 is 9.53 Å². The quantitative estimate of drug-likeness (QED) is 0.282. The van der Waals surface area contributed by atoms with Gasteiger partial charge in [0.15, 0.2) is 5.65 Å². The molecule has 0 radical (unpaired) electrons. The van der Waals surface area contributed by atoms with E-state index in [9.17, 15) is 4.79 Å². The number of carbonyl (C=O) groups excluding carboxylic acids is 1. The maximum atomic E-state index is 12.8.